The van der Waals surface area contributed by atoms with Gasteiger partial charge in [-0.1, -0.05) is 13.8 Å². The van der Waals surface area contributed by atoms with Crippen molar-refractivity contribution >= 4 is 17.8 Å². The first-order valence-corrected chi connectivity index (χ1v) is 7.20. The lowest BCUT2D eigenvalue weighted by atomic mass is 9.90. The summed E-state index contributed by atoms with van der Waals surface area (Å²) < 4.78 is 0. The first kappa shape index (κ1) is 17.4. The van der Waals surface area contributed by atoms with Crippen LogP contribution in [-0.4, -0.2) is 66.0 Å². The Hall–Kier alpha value is -1.63. The van der Waals surface area contributed by atoms with E-state index in [0.29, 0.717) is 19.4 Å². The Morgan fingerprint density at radius 2 is 2.05 bits per heavy atom. The minimum atomic E-state index is -0.301. The molecule has 0 atom stereocenters. The van der Waals surface area contributed by atoms with E-state index in [0.717, 1.165) is 0 Å². The van der Waals surface area contributed by atoms with Crippen LogP contribution in [-0.2, 0) is 9.59 Å². The number of rotatable bonds is 8. The van der Waals surface area contributed by atoms with Crippen LogP contribution < -0.4 is 5.32 Å². The average molecular weight is 299 g/mol. The highest BCUT2D eigenvalue weighted by Crippen LogP contribution is 2.18. The summed E-state index contributed by atoms with van der Waals surface area (Å²) in [6.45, 7) is 4.92. The van der Waals surface area contributed by atoms with Crippen molar-refractivity contribution in [2.24, 2.45) is 5.41 Å². The Morgan fingerprint density at radius 1 is 1.38 bits per heavy atom. The molecule has 0 radical (unpaired) electrons. The number of likely N-dealkylation sites (N-methyl/N-ethyl adjacent to an activating group) is 1. The topological polar surface area (TPSA) is 90.0 Å². The number of nitrogens with one attached hydrogen (secondary N) is 1. The van der Waals surface area contributed by atoms with Crippen molar-refractivity contribution in [3.05, 3.63) is 0 Å². The standard InChI is InChI=1S/C14H25N3O4/c1-14(2,6-8-18)10-15-11(19)5-4-7-17-12(20)9-16(3)13(17)21/h18H,4-10H2,1-3H3,(H,15,19). The molecule has 120 valence electrons. The van der Waals surface area contributed by atoms with Crippen LogP contribution in [0, 0.1) is 5.41 Å². The summed E-state index contributed by atoms with van der Waals surface area (Å²) in [5.74, 6) is -0.319. The molecule has 1 rings (SSSR count). The Labute approximate surface area is 125 Å². The normalized spacial score (nSPS) is 15.8. The van der Waals surface area contributed by atoms with Gasteiger partial charge in [0.05, 0.1) is 0 Å². The molecule has 7 heteroatoms. The number of urea groups is 1. The fourth-order valence-corrected chi connectivity index (χ4v) is 2.10. The number of carbonyl (C=O) groups excluding carboxylic acids is 3. The molecule has 1 fully saturated rings. The first-order chi connectivity index (χ1) is 9.76. The van der Waals surface area contributed by atoms with Gasteiger partial charge in [-0.25, -0.2) is 4.79 Å². The van der Waals surface area contributed by atoms with E-state index in [1.807, 2.05) is 13.8 Å². The molecule has 7 nitrogen and oxygen atoms in total. The second kappa shape index (κ2) is 7.40. The van der Waals surface area contributed by atoms with Crippen LogP contribution in [0.25, 0.3) is 0 Å². The number of hydrogen-bond donors (Lipinski definition) is 2. The van der Waals surface area contributed by atoms with Crippen LogP contribution in [0.2, 0.25) is 0 Å². The van der Waals surface area contributed by atoms with Crippen LogP contribution >= 0.6 is 0 Å². The highest BCUT2D eigenvalue weighted by atomic mass is 16.3. The van der Waals surface area contributed by atoms with Crippen molar-refractivity contribution in [3.63, 3.8) is 0 Å². The smallest absolute Gasteiger partial charge is 0.326 e. The zero-order valence-corrected chi connectivity index (χ0v) is 13.0. The molecule has 21 heavy (non-hydrogen) atoms. The Balaban J connectivity index is 2.25. The highest BCUT2D eigenvalue weighted by Gasteiger charge is 2.32. The number of aliphatic hydroxyl groups excluding tert-OH is 1. The Bertz CT molecular complexity index is 409. The van der Waals surface area contributed by atoms with Gasteiger partial charge < -0.3 is 15.3 Å². The van der Waals surface area contributed by atoms with E-state index in [1.165, 1.54) is 9.80 Å². The molecule has 1 saturated heterocycles. The number of carbonyl (C=O) groups is 3. The second-order valence-electron chi connectivity index (χ2n) is 6.20. The summed E-state index contributed by atoms with van der Waals surface area (Å²) in [4.78, 5) is 37.4. The Kier molecular flexibility index (Phi) is 6.14. The van der Waals surface area contributed by atoms with Crippen molar-refractivity contribution < 1.29 is 19.5 Å². The molecule has 0 bridgehead atoms. The lowest BCUT2D eigenvalue weighted by molar-refractivity contribution is -0.126. The molecule has 0 aliphatic carbocycles. The second-order valence-corrected chi connectivity index (χ2v) is 6.20. The summed E-state index contributed by atoms with van der Waals surface area (Å²) in [6, 6.07) is -0.301. The van der Waals surface area contributed by atoms with Gasteiger partial charge in [0.15, 0.2) is 0 Å². The van der Waals surface area contributed by atoms with Gasteiger partial charge in [-0.2, -0.15) is 0 Å². The van der Waals surface area contributed by atoms with E-state index in [1.54, 1.807) is 7.05 Å². The molecule has 0 spiro atoms. The van der Waals surface area contributed by atoms with Crippen molar-refractivity contribution in [2.75, 3.05) is 33.3 Å². The van der Waals surface area contributed by atoms with Gasteiger partial charge in [0, 0.05) is 33.2 Å². The third-order valence-electron chi connectivity index (χ3n) is 3.57. The SMILES string of the molecule is CN1CC(=O)N(CCCC(=O)NCC(C)(C)CCO)C1=O. The zero-order valence-electron chi connectivity index (χ0n) is 13.0. The van der Waals surface area contributed by atoms with E-state index < -0.39 is 0 Å². The van der Waals surface area contributed by atoms with Crippen LogP contribution in [0.3, 0.4) is 0 Å². The van der Waals surface area contributed by atoms with E-state index in [9.17, 15) is 14.4 Å². The van der Waals surface area contributed by atoms with Crippen molar-refractivity contribution in [2.45, 2.75) is 33.1 Å². The molecular weight excluding hydrogens is 274 g/mol. The lowest BCUT2D eigenvalue weighted by Gasteiger charge is -2.23. The fraction of sp³-hybridized carbons (Fsp3) is 0.786. The van der Waals surface area contributed by atoms with E-state index in [4.69, 9.17) is 5.11 Å². The van der Waals surface area contributed by atoms with Crippen LogP contribution in [0.4, 0.5) is 4.79 Å². The third-order valence-corrected chi connectivity index (χ3v) is 3.57. The van der Waals surface area contributed by atoms with Crippen molar-refractivity contribution in [1.82, 2.24) is 15.1 Å². The monoisotopic (exact) mass is 299 g/mol. The van der Waals surface area contributed by atoms with Crippen LogP contribution in [0.5, 0.6) is 0 Å². The molecule has 0 aromatic carbocycles. The molecule has 1 aliphatic heterocycles. The maximum absolute atomic E-state index is 11.7. The molecule has 1 heterocycles. The number of nitrogens with zero attached hydrogens (tertiary/aromatic N) is 2. The Morgan fingerprint density at radius 3 is 2.57 bits per heavy atom. The summed E-state index contributed by atoms with van der Waals surface area (Å²) in [5, 5.41) is 11.7. The fourth-order valence-electron chi connectivity index (χ4n) is 2.10. The molecule has 0 saturated carbocycles. The van der Waals surface area contributed by atoms with Gasteiger partial charge in [0.1, 0.15) is 6.54 Å². The third kappa shape index (κ3) is 5.34. The minimum Gasteiger partial charge on any atom is -0.396 e. The lowest BCUT2D eigenvalue weighted by Crippen LogP contribution is -2.36. The zero-order chi connectivity index (χ0) is 16.0. The van der Waals surface area contributed by atoms with Gasteiger partial charge in [0.2, 0.25) is 11.8 Å². The summed E-state index contributed by atoms with van der Waals surface area (Å²) in [5.41, 5.74) is -0.145. The van der Waals surface area contributed by atoms with E-state index in [-0.39, 0.29) is 49.4 Å². The van der Waals surface area contributed by atoms with Crippen LogP contribution in [0.1, 0.15) is 33.1 Å². The minimum absolute atomic E-state index is 0.0928. The summed E-state index contributed by atoms with van der Waals surface area (Å²) in [6.07, 6.45) is 1.35. The molecule has 0 aromatic heterocycles. The summed E-state index contributed by atoms with van der Waals surface area (Å²) in [7, 11) is 1.58. The van der Waals surface area contributed by atoms with E-state index in [2.05, 4.69) is 5.32 Å². The van der Waals surface area contributed by atoms with Crippen LogP contribution in [0.15, 0.2) is 0 Å². The molecule has 2 N–H and O–H groups in total. The number of hydrogen-bond acceptors (Lipinski definition) is 4. The maximum Gasteiger partial charge on any atom is 0.326 e. The first-order valence-electron chi connectivity index (χ1n) is 7.20. The molecule has 1 aliphatic rings. The van der Waals surface area contributed by atoms with E-state index >= 15 is 0 Å². The summed E-state index contributed by atoms with van der Waals surface area (Å²) >= 11 is 0. The molecule has 0 unspecified atom stereocenters. The van der Waals surface area contributed by atoms with Gasteiger partial charge in [-0.15, -0.1) is 0 Å². The molecular formula is C14H25N3O4. The number of amides is 4. The predicted octanol–water partition coefficient (Wildman–Crippen LogP) is 0.185. The number of aliphatic hydroxyl groups is 1. The van der Waals surface area contributed by atoms with Crippen molar-refractivity contribution in [3.8, 4) is 0 Å². The molecule has 4 amide bonds. The number of imide groups is 1. The van der Waals surface area contributed by atoms with Gasteiger partial charge >= 0.3 is 6.03 Å². The largest absolute Gasteiger partial charge is 0.396 e. The van der Waals surface area contributed by atoms with Gasteiger partial charge in [0.25, 0.3) is 0 Å². The molecule has 0 aromatic rings. The van der Waals surface area contributed by atoms with Gasteiger partial charge in [-0.05, 0) is 18.3 Å². The van der Waals surface area contributed by atoms with Crippen molar-refractivity contribution in [1.29, 1.82) is 0 Å². The average Bonchev–Trinajstić information content (AvgIpc) is 2.63. The van der Waals surface area contributed by atoms with Gasteiger partial charge in [-0.3, -0.25) is 14.5 Å². The highest BCUT2D eigenvalue weighted by molar-refractivity contribution is 6.01. The predicted molar refractivity (Wildman–Crippen MR) is 77.5 cm³/mol. The maximum atomic E-state index is 11.7. The quantitative estimate of drug-likeness (QED) is 0.626.